The number of rotatable bonds is 6. The van der Waals surface area contributed by atoms with Crippen LogP contribution in [0.1, 0.15) is 67.9 Å². The molecular weight excluding hydrogens is 471 g/mol. The predicted octanol–water partition coefficient (Wildman–Crippen LogP) is 4.16. The zero-order chi connectivity index (χ0) is 24.7. The number of amides is 2. The standard InChI is InChI=1S/C25H30F3N7O/c26-25(27,28)24(5-6-24)12-30-18-3-4-20(29-9-18)17-10-33(11-17)22(36)34-13-23(14-34)7-19(8-23)35-15-31-21(32-35)16-1-2-16/h3-4,9,15-17,19,30H,1-2,5-8,10-14H2. The van der Waals surface area contributed by atoms with Gasteiger partial charge in [-0.15, -0.1) is 0 Å². The molecule has 0 atom stereocenters. The summed E-state index contributed by atoms with van der Waals surface area (Å²) >= 11 is 0. The van der Waals surface area contributed by atoms with Crippen LogP contribution in [0.2, 0.25) is 0 Å². The Labute approximate surface area is 207 Å². The van der Waals surface area contributed by atoms with Gasteiger partial charge in [0.15, 0.2) is 5.82 Å². The predicted molar refractivity (Wildman–Crippen MR) is 124 cm³/mol. The molecule has 7 rings (SSSR count). The van der Waals surface area contributed by atoms with Crippen LogP contribution in [0, 0.1) is 10.8 Å². The first-order valence-corrected chi connectivity index (χ1v) is 12.9. The number of nitrogens with one attached hydrogen (secondary N) is 1. The van der Waals surface area contributed by atoms with Gasteiger partial charge < -0.3 is 15.1 Å². The van der Waals surface area contributed by atoms with E-state index in [-0.39, 0.29) is 36.8 Å². The number of likely N-dealkylation sites (tertiary alicyclic amines) is 2. The van der Waals surface area contributed by atoms with Crippen LogP contribution in [0.25, 0.3) is 0 Å². The molecule has 0 unspecified atom stereocenters. The average Bonchev–Trinajstić information content (AvgIpc) is 3.68. The van der Waals surface area contributed by atoms with Gasteiger partial charge in [-0.1, -0.05) is 0 Å². The molecule has 11 heteroatoms. The second-order valence-electron chi connectivity index (χ2n) is 11.8. The minimum Gasteiger partial charge on any atom is -0.383 e. The van der Waals surface area contributed by atoms with Gasteiger partial charge in [0, 0.05) is 55.7 Å². The Morgan fingerprint density at radius 2 is 1.81 bits per heavy atom. The fourth-order valence-corrected chi connectivity index (χ4v) is 6.03. The number of hydrogen-bond donors (Lipinski definition) is 1. The molecule has 0 bridgehead atoms. The van der Waals surface area contributed by atoms with Crippen LogP contribution in [0.15, 0.2) is 24.7 Å². The van der Waals surface area contributed by atoms with Crippen LogP contribution in [0.3, 0.4) is 0 Å². The summed E-state index contributed by atoms with van der Waals surface area (Å²) in [5.74, 6) is 1.73. The summed E-state index contributed by atoms with van der Waals surface area (Å²) in [6, 6.07) is 4.14. The van der Waals surface area contributed by atoms with E-state index < -0.39 is 11.6 Å². The molecule has 2 aliphatic heterocycles. The van der Waals surface area contributed by atoms with Crippen molar-refractivity contribution in [3.05, 3.63) is 36.2 Å². The zero-order valence-electron chi connectivity index (χ0n) is 20.0. The van der Waals surface area contributed by atoms with Gasteiger partial charge in [0.2, 0.25) is 0 Å². The summed E-state index contributed by atoms with van der Waals surface area (Å²) in [7, 11) is 0. The van der Waals surface area contributed by atoms with Gasteiger partial charge in [-0.2, -0.15) is 18.3 Å². The third-order valence-electron chi connectivity index (χ3n) is 8.95. The van der Waals surface area contributed by atoms with Gasteiger partial charge in [-0.25, -0.2) is 14.5 Å². The van der Waals surface area contributed by atoms with Crippen molar-refractivity contribution in [2.75, 3.05) is 38.0 Å². The molecule has 5 aliphatic rings. The molecule has 2 aromatic heterocycles. The number of pyridine rings is 1. The molecule has 3 aliphatic carbocycles. The van der Waals surface area contributed by atoms with E-state index in [0.717, 1.165) is 37.4 Å². The Balaban J connectivity index is 0.851. The highest BCUT2D eigenvalue weighted by molar-refractivity contribution is 5.77. The first-order valence-electron chi connectivity index (χ1n) is 12.9. The van der Waals surface area contributed by atoms with Crippen molar-refractivity contribution in [2.24, 2.45) is 10.8 Å². The molecule has 2 aromatic rings. The summed E-state index contributed by atoms with van der Waals surface area (Å²) in [6.07, 6.45) is 4.20. The lowest BCUT2D eigenvalue weighted by Gasteiger charge is -2.59. The van der Waals surface area contributed by atoms with Crippen LogP contribution >= 0.6 is 0 Å². The lowest BCUT2D eigenvalue weighted by molar-refractivity contribution is -0.182. The van der Waals surface area contributed by atoms with Gasteiger partial charge in [-0.3, -0.25) is 4.98 Å². The van der Waals surface area contributed by atoms with E-state index in [1.54, 1.807) is 12.3 Å². The second kappa shape index (κ2) is 7.58. The van der Waals surface area contributed by atoms with Crippen LogP contribution in [-0.2, 0) is 0 Å². The number of aromatic nitrogens is 4. The molecule has 8 nitrogen and oxygen atoms in total. The summed E-state index contributed by atoms with van der Waals surface area (Å²) < 4.78 is 41.3. The third kappa shape index (κ3) is 3.73. The van der Waals surface area contributed by atoms with Crippen LogP contribution < -0.4 is 5.32 Å². The van der Waals surface area contributed by atoms with Crippen molar-refractivity contribution in [3.8, 4) is 0 Å². The lowest BCUT2D eigenvalue weighted by Crippen LogP contribution is -2.67. The summed E-state index contributed by atoms with van der Waals surface area (Å²) in [4.78, 5) is 25.6. The number of anilines is 1. The molecular formula is C25H30F3N7O. The number of halogens is 3. The van der Waals surface area contributed by atoms with Crippen LogP contribution in [0.4, 0.5) is 23.7 Å². The molecule has 36 heavy (non-hydrogen) atoms. The normalized spacial score (nSPS) is 24.8. The van der Waals surface area contributed by atoms with Crippen molar-refractivity contribution in [1.82, 2.24) is 29.5 Å². The van der Waals surface area contributed by atoms with E-state index in [0.29, 0.717) is 30.7 Å². The van der Waals surface area contributed by atoms with Crippen molar-refractivity contribution in [2.45, 2.75) is 62.6 Å². The summed E-state index contributed by atoms with van der Waals surface area (Å²) in [6.45, 7) is 2.77. The summed E-state index contributed by atoms with van der Waals surface area (Å²) in [5, 5.41) is 7.55. The molecule has 192 valence electrons. The third-order valence-corrected chi connectivity index (χ3v) is 8.95. The Kier molecular flexibility index (Phi) is 4.71. The fourth-order valence-electron chi connectivity index (χ4n) is 6.03. The fraction of sp³-hybridized carbons (Fsp3) is 0.680. The van der Waals surface area contributed by atoms with Gasteiger partial charge in [-0.05, 0) is 50.7 Å². The van der Waals surface area contributed by atoms with Gasteiger partial charge in [0.25, 0.3) is 0 Å². The average molecular weight is 502 g/mol. The number of carbonyl (C=O) groups excluding carboxylic acids is 1. The highest BCUT2D eigenvalue weighted by Gasteiger charge is 2.63. The van der Waals surface area contributed by atoms with E-state index >= 15 is 0 Å². The minimum atomic E-state index is -4.16. The molecule has 0 radical (unpaired) electrons. The van der Waals surface area contributed by atoms with Crippen molar-refractivity contribution < 1.29 is 18.0 Å². The number of nitrogens with zero attached hydrogens (tertiary/aromatic N) is 6. The number of urea groups is 1. The maximum atomic E-state index is 13.1. The van der Waals surface area contributed by atoms with Crippen molar-refractivity contribution in [3.63, 3.8) is 0 Å². The first-order chi connectivity index (χ1) is 17.2. The van der Waals surface area contributed by atoms with Gasteiger partial charge in [0.05, 0.1) is 23.3 Å². The topological polar surface area (TPSA) is 79.2 Å². The largest absolute Gasteiger partial charge is 0.396 e. The number of hydrogen-bond acceptors (Lipinski definition) is 5. The zero-order valence-corrected chi connectivity index (χ0v) is 20.0. The molecule has 5 fully saturated rings. The highest BCUT2D eigenvalue weighted by Crippen LogP contribution is 2.57. The minimum absolute atomic E-state index is 0.0947. The Morgan fingerprint density at radius 3 is 2.42 bits per heavy atom. The maximum Gasteiger partial charge on any atom is 0.396 e. The van der Waals surface area contributed by atoms with Crippen LogP contribution in [-0.4, -0.2) is 74.5 Å². The van der Waals surface area contributed by atoms with E-state index in [1.807, 2.05) is 26.9 Å². The molecule has 4 heterocycles. The highest BCUT2D eigenvalue weighted by atomic mass is 19.4. The van der Waals surface area contributed by atoms with E-state index in [4.69, 9.17) is 0 Å². The van der Waals surface area contributed by atoms with Crippen molar-refractivity contribution >= 4 is 11.7 Å². The second-order valence-corrected chi connectivity index (χ2v) is 11.8. The monoisotopic (exact) mass is 501 g/mol. The summed E-state index contributed by atoms with van der Waals surface area (Å²) in [5.41, 5.74) is 0.140. The number of carbonyl (C=O) groups is 1. The molecule has 1 N–H and O–H groups in total. The molecule has 1 spiro atoms. The maximum absolute atomic E-state index is 13.1. The molecule has 3 saturated carbocycles. The van der Waals surface area contributed by atoms with Gasteiger partial charge >= 0.3 is 12.2 Å². The SMILES string of the molecule is O=C(N1CC(c2ccc(NCC3(C(F)(F)F)CC3)cn2)C1)N1CC2(CC(n3cnc(C4CC4)n3)C2)C1. The molecule has 2 amide bonds. The molecule has 2 saturated heterocycles. The Morgan fingerprint density at radius 1 is 1.06 bits per heavy atom. The van der Waals surface area contributed by atoms with E-state index in [1.165, 1.54) is 12.8 Å². The van der Waals surface area contributed by atoms with Gasteiger partial charge in [0.1, 0.15) is 6.33 Å². The molecule has 0 aromatic carbocycles. The Bertz CT molecular complexity index is 1150. The van der Waals surface area contributed by atoms with E-state index in [2.05, 4.69) is 20.4 Å². The Hall–Kier alpha value is -2.85. The van der Waals surface area contributed by atoms with Crippen molar-refractivity contribution in [1.29, 1.82) is 0 Å². The van der Waals surface area contributed by atoms with Crippen LogP contribution in [0.5, 0.6) is 0 Å². The lowest BCUT2D eigenvalue weighted by atomic mass is 9.61. The number of alkyl halides is 3. The quantitative estimate of drug-likeness (QED) is 0.643. The van der Waals surface area contributed by atoms with E-state index in [9.17, 15) is 18.0 Å². The smallest absolute Gasteiger partial charge is 0.383 e. The first kappa shape index (κ1) is 22.4.